The Kier molecular flexibility index (Phi) is 5.46. The van der Waals surface area contributed by atoms with E-state index < -0.39 is 5.82 Å². The van der Waals surface area contributed by atoms with Gasteiger partial charge in [0.25, 0.3) is 5.91 Å². The molecular formula is C22H21FN4O2. The Morgan fingerprint density at radius 3 is 2.55 bits per heavy atom. The number of amides is 1. The maximum absolute atomic E-state index is 14.0. The van der Waals surface area contributed by atoms with Crippen LogP contribution in [0.5, 0.6) is 11.6 Å². The summed E-state index contributed by atoms with van der Waals surface area (Å²) >= 11 is 0. The predicted octanol–water partition coefficient (Wildman–Crippen LogP) is 4.13. The summed E-state index contributed by atoms with van der Waals surface area (Å²) in [7, 11) is 0. The molecule has 1 amide bonds. The third kappa shape index (κ3) is 4.23. The second kappa shape index (κ2) is 8.34. The van der Waals surface area contributed by atoms with E-state index in [0.29, 0.717) is 30.2 Å². The van der Waals surface area contributed by atoms with E-state index in [1.165, 1.54) is 12.3 Å². The van der Waals surface area contributed by atoms with Crippen LogP contribution < -0.4 is 4.74 Å². The Morgan fingerprint density at radius 1 is 1.07 bits per heavy atom. The highest BCUT2D eigenvalue weighted by Gasteiger charge is 2.28. The lowest BCUT2D eigenvalue weighted by Crippen LogP contribution is -2.38. The monoisotopic (exact) mass is 392 g/mol. The van der Waals surface area contributed by atoms with E-state index in [4.69, 9.17) is 4.74 Å². The van der Waals surface area contributed by atoms with Gasteiger partial charge in [-0.05, 0) is 44.0 Å². The minimum absolute atomic E-state index is 0.0158. The number of ether oxygens (including phenoxy) is 1. The van der Waals surface area contributed by atoms with Crippen LogP contribution in [-0.4, -0.2) is 38.8 Å². The molecule has 6 nitrogen and oxygen atoms in total. The van der Waals surface area contributed by atoms with Crippen molar-refractivity contribution in [2.45, 2.75) is 25.7 Å². The first-order valence-corrected chi connectivity index (χ1v) is 9.57. The fourth-order valence-corrected chi connectivity index (χ4v) is 3.46. The van der Waals surface area contributed by atoms with E-state index in [0.717, 1.165) is 18.5 Å². The molecule has 0 radical (unpaired) electrons. The number of carbonyl (C=O) groups excluding carboxylic acids is 1. The number of carbonyl (C=O) groups is 1. The molecule has 7 heteroatoms. The van der Waals surface area contributed by atoms with Crippen LogP contribution >= 0.6 is 0 Å². The van der Waals surface area contributed by atoms with Gasteiger partial charge in [-0.25, -0.2) is 9.37 Å². The first kappa shape index (κ1) is 19.0. The molecule has 1 aliphatic heterocycles. The van der Waals surface area contributed by atoms with Crippen molar-refractivity contribution in [3.8, 4) is 11.6 Å². The summed E-state index contributed by atoms with van der Waals surface area (Å²) in [5.41, 5.74) is 2.17. The van der Waals surface area contributed by atoms with Gasteiger partial charge >= 0.3 is 0 Å². The van der Waals surface area contributed by atoms with Gasteiger partial charge in [-0.2, -0.15) is 0 Å². The number of piperidine rings is 1. The highest BCUT2D eigenvalue weighted by Crippen LogP contribution is 2.34. The van der Waals surface area contributed by atoms with Gasteiger partial charge in [-0.3, -0.25) is 14.8 Å². The summed E-state index contributed by atoms with van der Waals surface area (Å²) in [5.74, 6) is 0.0543. The smallest absolute Gasteiger partial charge is 0.255 e. The quantitative estimate of drug-likeness (QED) is 0.668. The lowest BCUT2D eigenvalue weighted by molar-refractivity contribution is 0.0711. The van der Waals surface area contributed by atoms with Crippen LogP contribution in [0.1, 0.15) is 40.5 Å². The number of pyridine rings is 1. The lowest BCUT2D eigenvalue weighted by Gasteiger charge is -2.32. The number of halogens is 1. The SMILES string of the molecule is Cc1ccc(C(=O)N2CCC(c3nccnc3Oc3ccccc3F)CC2)cn1. The van der Waals surface area contributed by atoms with Gasteiger partial charge < -0.3 is 9.64 Å². The normalized spacial score (nSPS) is 14.6. The summed E-state index contributed by atoms with van der Waals surface area (Å²) in [5, 5.41) is 0. The highest BCUT2D eigenvalue weighted by atomic mass is 19.1. The van der Waals surface area contributed by atoms with Crippen molar-refractivity contribution in [1.29, 1.82) is 0 Å². The minimum atomic E-state index is -0.448. The summed E-state index contributed by atoms with van der Waals surface area (Å²) in [4.78, 5) is 27.4. The van der Waals surface area contributed by atoms with Gasteiger partial charge in [-0.15, -0.1) is 0 Å². The topological polar surface area (TPSA) is 68.2 Å². The van der Waals surface area contributed by atoms with Gasteiger partial charge in [0, 0.05) is 43.3 Å². The molecule has 3 aromatic rings. The molecule has 0 aliphatic carbocycles. The molecule has 2 aromatic heterocycles. The Labute approximate surface area is 168 Å². The van der Waals surface area contributed by atoms with E-state index in [1.54, 1.807) is 36.7 Å². The Bertz CT molecular complexity index is 1000. The van der Waals surface area contributed by atoms with Crippen molar-refractivity contribution in [3.05, 3.63) is 77.8 Å². The predicted molar refractivity (Wildman–Crippen MR) is 105 cm³/mol. The van der Waals surface area contributed by atoms with Gasteiger partial charge in [0.2, 0.25) is 5.88 Å². The lowest BCUT2D eigenvalue weighted by atomic mass is 9.93. The minimum Gasteiger partial charge on any atom is -0.434 e. The number of hydrogen-bond donors (Lipinski definition) is 0. The first-order valence-electron chi connectivity index (χ1n) is 9.57. The first-order chi connectivity index (χ1) is 14.1. The van der Waals surface area contributed by atoms with Crippen LogP contribution in [0, 0.1) is 12.7 Å². The molecule has 0 N–H and O–H groups in total. The molecule has 0 spiro atoms. The van der Waals surface area contributed by atoms with E-state index in [2.05, 4.69) is 15.0 Å². The largest absolute Gasteiger partial charge is 0.434 e. The fourth-order valence-electron chi connectivity index (χ4n) is 3.46. The average molecular weight is 392 g/mol. The number of aryl methyl sites for hydroxylation is 1. The standard InChI is InChI=1S/C22H21FN4O2/c1-15-6-7-17(14-26-15)22(28)27-12-8-16(9-13-27)20-21(25-11-10-24-20)29-19-5-3-2-4-18(19)23/h2-7,10-11,14,16H,8-9,12-13H2,1H3. The van der Waals surface area contributed by atoms with Crippen molar-refractivity contribution in [3.63, 3.8) is 0 Å². The third-order valence-electron chi connectivity index (χ3n) is 5.06. The number of aromatic nitrogens is 3. The second-order valence-electron chi connectivity index (χ2n) is 7.03. The zero-order valence-corrected chi connectivity index (χ0v) is 16.1. The summed E-state index contributed by atoms with van der Waals surface area (Å²) in [6.07, 6.45) is 6.23. The van der Waals surface area contributed by atoms with Crippen LogP contribution in [0.3, 0.4) is 0 Å². The van der Waals surface area contributed by atoms with Crippen LogP contribution in [0.25, 0.3) is 0 Å². The zero-order valence-electron chi connectivity index (χ0n) is 16.1. The fraction of sp³-hybridized carbons (Fsp3) is 0.273. The average Bonchev–Trinajstić information content (AvgIpc) is 2.76. The molecular weight excluding hydrogens is 371 g/mol. The number of para-hydroxylation sites is 1. The van der Waals surface area contributed by atoms with Crippen LogP contribution in [0.15, 0.2) is 55.0 Å². The maximum atomic E-state index is 14.0. The zero-order chi connectivity index (χ0) is 20.2. The van der Waals surface area contributed by atoms with Gasteiger partial charge in [0.15, 0.2) is 11.6 Å². The van der Waals surface area contributed by atoms with E-state index >= 15 is 0 Å². The third-order valence-corrected chi connectivity index (χ3v) is 5.06. The van der Waals surface area contributed by atoms with Crippen LogP contribution in [0.4, 0.5) is 4.39 Å². The van der Waals surface area contributed by atoms with Crippen molar-refractivity contribution in [1.82, 2.24) is 19.9 Å². The van der Waals surface area contributed by atoms with Gasteiger partial charge in [0.05, 0.1) is 5.56 Å². The molecule has 4 rings (SSSR count). The molecule has 29 heavy (non-hydrogen) atoms. The van der Waals surface area contributed by atoms with Gasteiger partial charge in [0.1, 0.15) is 5.69 Å². The molecule has 0 saturated carbocycles. The number of hydrogen-bond acceptors (Lipinski definition) is 5. The summed E-state index contributed by atoms with van der Waals surface area (Å²) < 4.78 is 19.7. The number of likely N-dealkylation sites (tertiary alicyclic amines) is 1. The van der Waals surface area contributed by atoms with Crippen molar-refractivity contribution < 1.29 is 13.9 Å². The highest BCUT2D eigenvalue weighted by molar-refractivity contribution is 5.94. The summed E-state index contributed by atoms with van der Waals surface area (Å²) in [6.45, 7) is 3.10. The number of nitrogens with zero attached hydrogens (tertiary/aromatic N) is 4. The molecule has 148 valence electrons. The molecule has 3 heterocycles. The van der Waals surface area contributed by atoms with E-state index in [1.807, 2.05) is 17.9 Å². The molecule has 0 atom stereocenters. The summed E-state index contributed by atoms with van der Waals surface area (Å²) in [6, 6.07) is 9.86. The molecule has 1 fully saturated rings. The number of benzene rings is 1. The molecule has 1 aromatic carbocycles. The van der Waals surface area contributed by atoms with Crippen LogP contribution in [0.2, 0.25) is 0 Å². The van der Waals surface area contributed by atoms with Crippen LogP contribution in [-0.2, 0) is 0 Å². The van der Waals surface area contributed by atoms with Crippen molar-refractivity contribution in [2.24, 2.45) is 0 Å². The van der Waals surface area contributed by atoms with Crippen molar-refractivity contribution >= 4 is 5.91 Å². The maximum Gasteiger partial charge on any atom is 0.255 e. The molecule has 1 aliphatic rings. The van der Waals surface area contributed by atoms with E-state index in [-0.39, 0.29) is 17.6 Å². The molecule has 1 saturated heterocycles. The van der Waals surface area contributed by atoms with E-state index in [9.17, 15) is 9.18 Å². The molecule has 0 bridgehead atoms. The second-order valence-corrected chi connectivity index (χ2v) is 7.03. The Balaban J connectivity index is 1.46. The van der Waals surface area contributed by atoms with Gasteiger partial charge in [-0.1, -0.05) is 12.1 Å². The molecule has 0 unspecified atom stereocenters. The number of rotatable bonds is 4. The Hall–Kier alpha value is -3.35. The van der Waals surface area contributed by atoms with Crippen molar-refractivity contribution in [2.75, 3.05) is 13.1 Å². The Morgan fingerprint density at radius 2 is 1.83 bits per heavy atom.